The molecule has 2 heterocycles. The largest absolute Gasteiger partial charge is 0.384 e. The Morgan fingerprint density at radius 1 is 1.57 bits per heavy atom. The first-order chi connectivity index (χ1) is 10.2. The first-order valence-corrected chi connectivity index (χ1v) is 7.35. The van der Waals surface area contributed by atoms with Crippen LogP contribution in [-0.2, 0) is 6.42 Å². The van der Waals surface area contributed by atoms with Crippen LogP contribution in [0.25, 0.3) is 0 Å². The second kappa shape index (κ2) is 7.57. The number of hydrogen-bond acceptors (Lipinski definition) is 5. The van der Waals surface area contributed by atoms with Gasteiger partial charge in [0.05, 0.1) is 9.75 Å². The average molecular weight is 304 g/mol. The molecule has 0 bridgehead atoms. The van der Waals surface area contributed by atoms with Crippen LogP contribution in [0.2, 0.25) is 0 Å². The minimum Gasteiger partial charge on any atom is -0.384 e. The number of hydrogen-bond donors (Lipinski definition) is 3. The van der Waals surface area contributed by atoms with E-state index in [1.54, 1.807) is 0 Å². The van der Waals surface area contributed by atoms with Gasteiger partial charge in [0.1, 0.15) is 18.8 Å². The van der Waals surface area contributed by atoms with Crippen LogP contribution in [0.1, 0.15) is 32.4 Å². The third-order valence-electron chi connectivity index (χ3n) is 2.76. The minimum atomic E-state index is -0.180. The summed E-state index contributed by atoms with van der Waals surface area (Å²) in [6.45, 7) is 2.30. The fourth-order valence-electron chi connectivity index (χ4n) is 1.73. The number of H-pyrrole nitrogens is 1. The molecule has 110 valence electrons. The van der Waals surface area contributed by atoms with Gasteiger partial charge in [-0.2, -0.15) is 5.10 Å². The predicted octanol–water partition coefficient (Wildman–Crippen LogP) is 0.881. The van der Waals surface area contributed by atoms with E-state index in [0.717, 1.165) is 29.1 Å². The predicted molar refractivity (Wildman–Crippen MR) is 80.1 cm³/mol. The second-order valence-corrected chi connectivity index (χ2v) is 5.43. The van der Waals surface area contributed by atoms with Crippen LogP contribution in [0.15, 0.2) is 12.4 Å². The number of aromatic nitrogens is 3. The van der Waals surface area contributed by atoms with Crippen molar-refractivity contribution in [2.24, 2.45) is 0 Å². The van der Waals surface area contributed by atoms with Crippen molar-refractivity contribution in [2.45, 2.75) is 19.8 Å². The molecule has 0 saturated heterocycles. The molecule has 0 aliphatic carbocycles. The summed E-state index contributed by atoms with van der Waals surface area (Å²) in [6.07, 6.45) is 3.01. The number of aliphatic hydroxyl groups excluding tert-OH is 1. The zero-order valence-corrected chi connectivity index (χ0v) is 12.5. The highest BCUT2D eigenvalue weighted by Gasteiger charge is 2.11. The number of amides is 1. The Labute approximate surface area is 126 Å². The van der Waals surface area contributed by atoms with Gasteiger partial charge in [-0.05, 0) is 25.0 Å². The molecule has 0 radical (unpaired) electrons. The maximum atomic E-state index is 12.0. The molecule has 0 atom stereocenters. The van der Waals surface area contributed by atoms with Gasteiger partial charge in [-0.25, -0.2) is 4.98 Å². The van der Waals surface area contributed by atoms with Crippen LogP contribution in [-0.4, -0.2) is 39.3 Å². The molecule has 2 aromatic heterocycles. The molecular formula is C14H16N4O2S. The van der Waals surface area contributed by atoms with Gasteiger partial charge in [-0.15, -0.1) is 11.3 Å². The summed E-state index contributed by atoms with van der Waals surface area (Å²) < 4.78 is 0. The van der Waals surface area contributed by atoms with Crippen LogP contribution in [0.5, 0.6) is 0 Å². The molecule has 2 rings (SSSR count). The normalized spacial score (nSPS) is 10.0. The zero-order valence-electron chi connectivity index (χ0n) is 11.6. The first kappa shape index (κ1) is 15.2. The molecule has 0 aliphatic heterocycles. The topological polar surface area (TPSA) is 90.9 Å². The third kappa shape index (κ3) is 4.41. The fourth-order valence-corrected chi connectivity index (χ4v) is 2.70. The van der Waals surface area contributed by atoms with Gasteiger partial charge in [0.25, 0.3) is 5.91 Å². The number of aromatic amines is 1. The van der Waals surface area contributed by atoms with E-state index in [-0.39, 0.29) is 12.5 Å². The Balaban J connectivity index is 1.83. The van der Waals surface area contributed by atoms with Gasteiger partial charge >= 0.3 is 0 Å². The van der Waals surface area contributed by atoms with E-state index in [4.69, 9.17) is 5.11 Å². The summed E-state index contributed by atoms with van der Waals surface area (Å²) in [5.74, 6) is 6.15. The maximum absolute atomic E-state index is 12.0. The number of nitrogens with zero attached hydrogens (tertiary/aromatic N) is 2. The van der Waals surface area contributed by atoms with Gasteiger partial charge in [-0.1, -0.05) is 11.8 Å². The highest BCUT2D eigenvalue weighted by Crippen LogP contribution is 2.20. The molecule has 1 amide bonds. The molecular weight excluding hydrogens is 288 g/mol. The Morgan fingerprint density at radius 2 is 2.43 bits per heavy atom. The average Bonchev–Trinajstić information content (AvgIpc) is 3.11. The monoisotopic (exact) mass is 304 g/mol. The molecule has 0 unspecified atom stereocenters. The number of aliphatic hydroxyl groups is 1. The van der Waals surface area contributed by atoms with Crippen LogP contribution in [0.3, 0.4) is 0 Å². The molecule has 2 aromatic rings. The van der Waals surface area contributed by atoms with Crippen LogP contribution >= 0.6 is 11.3 Å². The molecule has 0 aliphatic rings. The Bertz CT molecular complexity index is 652. The van der Waals surface area contributed by atoms with E-state index in [2.05, 4.69) is 32.3 Å². The molecule has 0 fully saturated rings. The summed E-state index contributed by atoms with van der Waals surface area (Å²) in [5.41, 5.74) is 0.952. The zero-order chi connectivity index (χ0) is 15.1. The highest BCUT2D eigenvalue weighted by molar-refractivity contribution is 7.14. The van der Waals surface area contributed by atoms with Gasteiger partial charge in [0.15, 0.2) is 0 Å². The van der Waals surface area contributed by atoms with Crippen LogP contribution < -0.4 is 5.32 Å². The number of carbonyl (C=O) groups is 1. The van der Waals surface area contributed by atoms with E-state index in [9.17, 15) is 4.79 Å². The van der Waals surface area contributed by atoms with Crippen molar-refractivity contribution in [3.8, 4) is 11.8 Å². The molecule has 0 spiro atoms. The Hall–Kier alpha value is -2.17. The quantitative estimate of drug-likeness (QED) is 0.565. The number of aryl methyl sites for hydroxylation is 2. The van der Waals surface area contributed by atoms with E-state index >= 15 is 0 Å². The lowest BCUT2D eigenvalue weighted by molar-refractivity contribution is 0.0957. The number of rotatable bonds is 5. The van der Waals surface area contributed by atoms with Crippen molar-refractivity contribution in [1.82, 2.24) is 20.5 Å². The lowest BCUT2D eigenvalue weighted by Gasteiger charge is -2.01. The number of thiophene rings is 1. The van der Waals surface area contributed by atoms with Gasteiger partial charge < -0.3 is 10.4 Å². The lowest BCUT2D eigenvalue weighted by Crippen LogP contribution is -2.23. The summed E-state index contributed by atoms with van der Waals surface area (Å²) in [4.78, 5) is 17.5. The molecule has 3 N–H and O–H groups in total. The second-order valence-electron chi connectivity index (χ2n) is 4.37. The molecule has 0 saturated carbocycles. The first-order valence-electron chi connectivity index (χ1n) is 6.53. The van der Waals surface area contributed by atoms with Crippen LogP contribution in [0.4, 0.5) is 0 Å². The SMILES string of the molecule is Cc1cc(C(=O)NCCCc2ncn[nH]2)sc1C#CCO. The van der Waals surface area contributed by atoms with Crippen molar-refractivity contribution in [2.75, 3.05) is 13.2 Å². The van der Waals surface area contributed by atoms with E-state index < -0.39 is 0 Å². The lowest BCUT2D eigenvalue weighted by atomic mass is 10.2. The Morgan fingerprint density at radius 3 is 3.14 bits per heavy atom. The van der Waals surface area contributed by atoms with Crippen LogP contribution in [0, 0.1) is 18.8 Å². The number of carbonyl (C=O) groups excluding carboxylic acids is 1. The van der Waals surface area contributed by atoms with Crippen molar-refractivity contribution in [3.63, 3.8) is 0 Å². The van der Waals surface area contributed by atoms with E-state index in [1.165, 1.54) is 17.7 Å². The van der Waals surface area contributed by atoms with E-state index in [0.29, 0.717) is 11.4 Å². The minimum absolute atomic E-state index is 0.0993. The molecule has 6 nitrogen and oxygen atoms in total. The number of nitrogens with one attached hydrogen (secondary N) is 2. The summed E-state index contributed by atoms with van der Waals surface area (Å²) in [6, 6.07) is 1.82. The molecule has 0 aromatic carbocycles. The molecule has 21 heavy (non-hydrogen) atoms. The summed E-state index contributed by atoms with van der Waals surface area (Å²) >= 11 is 1.34. The van der Waals surface area contributed by atoms with Gasteiger partial charge in [0, 0.05) is 13.0 Å². The maximum Gasteiger partial charge on any atom is 0.261 e. The Kier molecular flexibility index (Phi) is 5.49. The van der Waals surface area contributed by atoms with Gasteiger partial charge in [-0.3, -0.25) is 9.89 Å². The van der Waals surface area contributed by atoms with E-state index in [1.807, 2.05) is 13.0 Å². The van der Waals surface area contributed by atoms with Crippen molar-refractivity contribution in [1.29, 1.82) is 0 Å². The third-order valence-corrected chi connectivity index (χ3v) is 3.91. The fraction of sp³-hybridized carbons (Fsp3) is 0.357. The highest BCUT2D eigenvalue weighted by atomic mass is 32.1. The standard InChI is InChI=1S/C14H16N4O2S/c1-10-8-12(21-11(10)4-3-7-19)14(20)15-6-2-5-13-16-9-17-18-13/h8-9,19H,2,5-7H2,1H3,(H,15,20)(H,16,17,18). The van der Waals surface area contributed by atoms with Crippen molar-refractivity contribution >= 4 is 17.2 Å². The summed E-state index contributed by atoms with van der Waals surface area (Å²) in [7, 11) is 0. The molecule has 7 heteroatoms. The van der Waals surface area contributed by atoms with Crippen molar-refractivity contribution in [3.05, 3.63) is 33.5 Å². The smallest absolute Gasteiger partial charge is 0.261 e. The van der Waals surface area contributed by atoms with Crippen molar-refractivity contribution < 1.29 is 9.90 Å². The summed E-state index contributed by atoms with van der Waals surface area (Å²) in [5, 5.41) is 18.1. The van der Waals surface area contributed by atoms with Gasteiger partial charge in [0.2, 0.25) is 0 Å².